The van der Waals surface area contributed by atoms with E-state index in [9.17, 15) is 4.79 Å². The van der Waals surface area contributed by atoms with Crippen molar-refractivity contribution < 1.29 is 9.90 Å². The molecule has 0 fully saturated rings. The fourth-order valence-electron chi connectivity index (χ4n) is 1.80. The highest BCUT2D eigenvalue weighted by atomic mass is 16.4. The lowest BCUT2D eigenvalue weighted by Gasteiger charge is -2.18. The fourth-order valence-corrected chi connectivity index (χ4v) is 1.80. The highest BCUT2D eigenvalue weighted by molar-refractivity contribution is 5.87. The van der Waals surface area contributed by atoms with Gasteiger partial charge in [0.1, 0.15) is 0 Å². The van der Waals surface area contributed by atoms with Crippen LogP contribution in [-0.4, -0.2) is 55.1 Å². The summed E-state index contributed by atoms with van der Waals surface area (Å²) >= 11 is 0. The predicted molar refractivity (Wildman–Crippen MR) is 72.9 cm³/mol. The summed E-state index contributed by atoms with van der Waals surface area (Å²) in [5.74, 6) is -0.874. The van der Waals surface area contributed by atoms with E-state index in [4.69, 9.17) is 5.11 Å². The number of carboxylic acid groups (broad SMARTS) is 1. The van der Waals surface area contributed by atoms with Crippen molar-refractivity contribution in [3.63, 3.8) is 0 Å². The van der Waals surface area contributed by atoms with E-state index in [0.717, 1.165) is 31.6 Å². The first-order valence-corrected chi connectivity index (χ1v) is 6.14. The standard InChI is InChI=1S/C14H22N2O2/c1-15(2)9-4-10-16(3)11-12-5-7-13(8-6-12)14(17)18/h5-8H,4,9-11H2,1-3H3,(H,17,18). The fraction of sp³-hybridized carbons (Fsp3) is 0.500. The second-order valence-corrected chi connectivity index (χ2v) is 4.90. The van der Waals surface area contributed by atoms with Crippen LogP contribution < -0.4 is 0 Å². The minimum atomic E-state index is -0.874. The Bertz CT molecular complexity index is 374. The maximum absolute atomic E-state index is 10.7. The van der Waals surface area contributed by atoms with Gasteiger partial charge < -0.3 is 14.9 Å². The van der Waals surface area contributed by atoms with E-state index >= 15 is 0 Å². The average molecular weight is 250 g/mol. The van der Waals surface area contributed by atoms with E-state index in [-0.39, 0.29) is 0 Å². The van der Waals surface area contributed by atoms with Crippen molar-refractivity contribution in [2.45, 2.75) is 13.0 Å². The molecule has 18 heavy (non-hydrogen) atoms. The lowest BCUT2D eigenvalue weighted by molar-refractivity contribution is 0.0697. The zero-order valence-electron chi connectivity index (χ0n) is 11.4. The van der Waals surface area contributed by atoms with Gasteiger partial charge in [-0.2, -0.15) is 0 Å². The summed E-state index contributed by atoms with van der Waals surface area (Å²) in [6.07, 6.45) is 1.14. The molecule has 0 aliphatic rings. The number of rotatable bonds is 7. The van der Waals surface area contributed by atoms with Crippen molar-refractivity contribution in [3.8, 4) is 0 Å². The molecule has 1 N–H and O–H groups in total. The van der Waals surface area contributed by atoms with Crippen LogP contribution in [-0.2, 0) is 6.54 Å². The van der Waals surface area contributed by atoms with Crippen molar-refractivity contribution in [2.75, 3.05) is 34.2 Å². The molecule has 0 atom stereocenters. The highest BCUT2D eigenvalue weighted by Gasteiger charge is 2.04. The van der Waals surface area contributed by atoms with Gasteiger partial charge in [0.05, 0.1) is 5.56 Å². The van der Waals surface area contributed by atoms with E-state index in [1.54, 1.807) is 12.1 Å². The number of hydrogen-bond acceptors (Lipinski definition) is 3. The van der Waals surface area contributed by atoms with Crippen LogP contribution in [0.3, 0.4) is 0 Å². The number of carboxylic acids is 1. The molecule has 0 spiro atoms. The van der Waals surface area contributed by atoms with Gasteiger partial charge in [0.15, 0.2) is 0 Å². The second kappa shape index (κ2) is 7.13. The number of aromatic carboxylic acids is 1. The Morgan fingerprint density at radius 2 is 1.72 bits per heavy atom. The molecule has 0 heterocycles. The molecule has 1 aromatic rings. The highest BCUT2D eigenvalue weighted by Crippen LogP contribution is 2.07. The Morgan fingerprint density at radius 1 is 1.11 bits per heavy atom. The van der Waals surface area contributed by atoms with Crippen LogP contribution in [0.5, 0.6) is 0 Å². The van der Waals surface area contributed by atoms with Crippen molar-refractivity contribution in [3.05, 3.63) is 35.4 Å². The van der Waals surface area contributed by atoms with Gasteiger partial charge in [0.25, 0.3) is 0 Å². The first-order valence-electron chi connectivity index (χ1n) is 6.14. The van der Waals surface area contributed by atoms with Crippen molar-refractivity contribution in [2.24, 2.45) is 0 Å². The van der Waals surface area contributed by atoms with Gasteiger partial charge in [0.2, 0.25) is 0 Å². The maximum atomic E-state index is 10.7. The zero-order valence-corrected chi connectivity index (χ0v) is 11.4. The van der Waals surface area contributed by atoms with Crippen molar-refractivity contribution >= 4 is 5.97 Å². The summed E-state index contributed by atoms with van der Waals surface area (Å²) in [4.78, 5) is 15.1. The maximum Gasteiger partial charge on any atom is 0.335 e. The number of benzene rings is 1. The molecule has 0 aromatic heterocycles. The Hall–Kier alpha value is -1.39. The summed E-state index contributed by atoms with van der Waals surface area (Å²) in [7, 11) is 6.23. The van der Waals surface area contributed by atoms with E-state index in [2.05, 4.69) is 30.9 Å². The van der Waals surface area contributed by atoms with Crippen molar-refractivity contribution in [1.29, 1.82) is 0 Å². The molecule has 0 saturated carbocycles. The normalized spacial score (nSPS) is 11.2. The molecule has 100 valence electrons. The van der Waals surface area contributed by atoms with Crippen LogP contribution in [0, 0.1) is 0 Å². The predicted octanol–water partition coefficient (Wildman–Crippen LogP) is 1.77. The molecule has 0 saturated heterocycles. The summed E-state index contributed by atoms with van der Waals surface area (Å²) in [6.45, 7) is 2.98. The zero-order chi connectivity index (χ0) is 13.5. The van der Waals surface area contributed by atoms with Gasteiger partial charge in [-0.05, 0) is 58.3 Å². The van der Waals surface area contributed by atoms with Crippen LogP contribution in [0.25, 0.3) is 0 Å². The van der Waals surface area contributed by atoms with Crippen LogP contribution in [0.4, 0.5) is 0 Å². The summed E-state index contributed by atoms with van der Waals surface area (Å²) in [6, 6.07) is 7.08. The molecule has 4 nitrogen and oxygen atoms in total. The molecule has 4 heteroatoms. The van der Waals surface area contributed by atoms with Gasteiger partial charge in [0, 0.05) is 6.54 Å². The van der Waals surface area contributed by atoms with Crippen molar-refractivity contribution in [1.82, 2.24) is 9.80 Å². The first kappa shape index (κ1) is 14.7. The van der Waals surface area contributed by atoms with Crippen LogP contribution >= 0.6 is 0 Å². The third kappa shape index (κ3) is 5.29. The molecule has 0 bridgehead atoms. The summed E-state index contributed by atoms with van der Waals surface area (Å²) in [5.41, 5.74) is 1.49. The molecule has 1 aromatic carbocycles. The molecule has 0 amide bonds. The van der Waals surface area contributed by atoms with E-state index in [0.29, 0.717) is 5.56 Å². The number of carbonyl (C=O) groups is 1. The topological polar surface area (TPSA) is 43.8 Å². The largest absolute Gasteiger partial charge is 0.478 e. The van der Waals surface area contributed by atoms with Gasteiger partial charge in [-0.3, -0.25) is 0 Å². The third-order valence-corrected chi connectivity index (χ3v) is 2.80. The quantitative estimate of drug-likeness (QED) is 0.801. The molecule has 0 aliphatic heterocycles. The van der Waals surface area contributed by atoms with Gasteiger partial charge in [-0.15, -0.1) is 0 Å². The lowest BCUT2D eigenvalue weighted by atomic mass is 10.1. The van der Waals surface area contributed by atoms with Crippen LogP contribution in [0.2, 0.25) is 0 Å². The summed E-state index contributed by atoms with van der Waals surface area (Å²) < 4.78 is 0. The monoisotopic (exact) mass is 250 g/mol. The smallest absolute Gasteiger partial charge is 0.335 e. The summed E-state index contributed by atoms with van der Waals surface area (Å²) in [5, 5.41) is 8.81. The molecular formula is C14H22N2O2. The van der Waals surface area contributed by atoms with E-state index in [1.165, 1.54) is 0 Å². The molecular weight excluding hydrogens is 228 g/mol. The average Bonchev–Trinajstić information content (AvgIpc) is 2.29. The Kier molecular flexibility index (Phi) is 5.82. The number of hydrogen-bond donors (Lipinski definition) is 1. The van der Waals surface area contributed by atoms with Gasteiger partial charge in [-0.1, -0.05) is 12.1 Å². The SMILES string of the molecule is CN(C)CCCN(C)Cc1ccc(C(=O)O)cc1. The van der Waals surface area contributed by atoms with Crippen LogP contribution in [0.1, 0.15) is 22.3 Å². The Labute approximate surface area is 109 Å². The van der Waals surface area contributed by atoms with Crippen LogP contribution in [0.15, 0.2) is 24.3 Å². The van der Waals surface area contributed by atoms with E-state index in [1.807, 2.05) is 12.1 Å². The minimum Gasteiger partial charge on any atom is -0.478 e. The molecule has 0 unspecified atom stereocenters. The lowest BCUT2D eigenvalue weighted by Crippen LogP contribution is -2.23. The van der Waals surface area contributed by atoms with Gasteiger partial charge >= 0.3 is 5.97 Å². The Balaban J connectivity index is 2.39. The second-order valence-electron chi connectivity index (χ2n) is 4.90. The molecule has 0 radical (unpaired) electrons. The molecule has 1 rings (SSSR count). The van der Waals surface area contributed by atoms with Gasteiger partial charge in [-0.25, -0.2) is 4.79 Å². The molecule has 0 aliphatic carbocycles. The third-order valence-electron chi connectivity index (χ3n) is 2.80. The number of nitrogens with zero attached hydrogens (tertiary/aromatic N) is 2. The first-order chi connectivity index (χ1) is 8.49. The minimum absolute atomic E-state index is 0.342. The Morgan fingerprint density at radius 3 is 2.22 bits per heavy atom. The van der Waals surface area contributed by atoms with E-state index < -0.39 is 5.97 Å².